The Kier molecular flexibility index (Phi) is 10.5. The second kappa shape index (κ2) is 11.8. The first kappa shape index (κ1) is 21.3. The Balaban J connectivity index is 2.31. The highest BCUT2D eigenvalue weighted by molar-refractivity contribution is 7.86. The van der Waals surface area contributed by atoms with E-state index < -0.39 is 10.1 Å². The molecule has 0 heterocycles. The minimum absolute atomic E-state index is 0.138. The van der Waals surface area contributed by atoms with Gasteiger partial charge in [0, 0.05) is 12.9 Å². The molecule has 0 bridgehead atoms. The summed E-state index contributed by atoms with van der Waals surface area (Å²) in [6.07, 6.45) is 13.2. The second-order valence-corrected chi connectivity index (χ2v) is 7.82. The number of hydrogen-bond donors (Lipinski definition) is 2. The predicted octanol–water partition coefficient (Wildman–Crippen LogP) is 5.62. The third-order valence-corrected chi connectivity index (χ3v) is 5.29. The molecule has 6 heteroatoms. The first-order valence-electron chi connectivity index (χ1n) is 8.91. The Labute approximate surface area is 152 Å². The van der Waals surface area contributed by atoms with Crippen LogP contribution < -0.4 is 4.18 Å². The molecule has 24 heavy (non-hydrogen) atoms. The van der Waals surface area contributed by atoms with Gasteiger partial charge in [0.2, 0.25) is 0 Å². The minimum Gasteiger partial charge on any atom is -0.427 e. The predicted molar refractivity (Wildman–Crippen MR) is 101 cm³/mol. The monoisotopic (exact) mass is 374 g/mol. The number of rotatable bonds is 13. The van der Waals surface area contributed by atoms with Gasteiger partial charge < -0.3 is 4.18 Å². The lowest BCUT2D eigenvalue weighted by Crippen LogP contribution is -2.02. The lowest BCUT2D eigenvalue weighted by molar-refractivity contribution is 0.478. The van der Waals surface area contributed by atoms with Crippen LogP contribution in [0.1, 0.15) is 76.7 Å². The fourth-order valence-electron chi connectivity index (χ4n) is 2.87. The normalized spacial score (nSPS) is 11.6. The highest BCUT2D eigenvalue weighted by Gasteiger charge is 2.19. The smallest absolute Gasteiger partial charge is 0.298 e. The third kappa shape index (κ3) is 7.90. The summed E-state index contributed by atoms with van der Waals surface area (Å²) in [4.78, 5) is -0.220. The van der Waals surface area contributed by atoms with Gasteiger partial charge in [-0.3, -0.25) is 4.55 Å². The standard InChI is InChI=1S/C18H30O4S2/c1-2-3-4-5-6-7-8-9-10-11-13-16-14-12-15-17(18(16)22-23)24(19,20)21/h12,14-15,23H,2-11,13H2,1H3,(H,19,20,21). The van der Waals surface area contributed by atoms with E-state index in [1.807, 2.05) is 6.07 Å². The molecule has 0 aliphatic carbocycles. The summed E-state index contributed by atoms with van der Waals surface area (Å²) in [5, 5.41) is 0. The van der Waals surface area contributed by atoms with Crippen LogP contribution in [0.3, 0.4) is 0 Å². The summed E-state index contributed by atoms with van der Waals surface area (Å²) in [7, 11) is -4.29. The van der Waals surface area contributed by atoms with E-state index in [1.54, 1.807) is 6.07 Å². The molecule has 138 valence electrons. The highest BCUT2D eigenvalue weighted by atomic mass is 32.2. The molecule has 1 aromatic rings. The van der Waals surface area contributed by atoms with Crippen molar-refractivity contribution in [3.63, 3.8) is 0 Å². The van der Waals surface area contributed by atoms with Gasteiger partial charge in [-0.15, -0.1) is 0 Å². The molecule has 1 rings (SSSR count). The van der Waals surface area contributed by atoms with Crippen molar-refractivity contribution in [1.82, 2.24) is 0 Å². The van der Waals surface area contributed by atoms with Gasteiger partial charge in [0.25, 0.3) is 10.1 Å². The van der Waals surface area contributed by atoms with Gasteiger partial charge in [-0.25, -0.2) is 0 Å². The van der Waals surface area contributed by atoms with E-state index in [0.717, 1.165) is 24.8 Å². The summed E-state index contributed by atoms with van der Waals surface area (Å²) in [5.74, 6) is 0.138. The quantitative estimate of drug-likeness (QED) is 0.203. The maximum atomic E-state index is 11.3. The van der Waals surface area contributed by atoms with Crippen molar-refractivity contribution >= 4 is 23.0 Å². The van der Waals surface area contributed by atoms with Crippen molar-refractivity contribution in [3.8, 4) is 5.75 Å². The van der Waals surface area contributed by atoms with Crippen molar-refractivity contribution in [1.29, 1.82) is 0 Å². The van der Waals surface area contributed by atoms with Gasteiger partial charge in [0.15, 0.2) is 5.75 Å². The molecule has 4 nitrogen and oxygen atoms in total. The highest BCUT2D eigenvalue weighted by Crippen LogP contribution is 2.30. The molecule has 1 aromatic carbocycles. The van der Waals surface area contributed by atoms with Crippen LogP contribution in [-0.4, -0.2) is 13.0 Å². The first-order chi connectivity index (χ1) is 11.5. The number of para-hydroxylation sites is 1. The van der Waals surface area contributed by atoms with Gasteiger partial charge in [-0.05, 0) is 24.5 Å². The van der Waals surface area contributed by atoms with E-state index in [0.29, 0.717) is 0 Å². The number of benzene rings is 1. The number of aryl methyl sites for hydroxylation is 1. The first-order valence-corrected chi connectivity index (χ1v) is 10.7. The van der Waals surface area contributed by atoms with Crippen LogP contribution in [0.15, 0.2) is 23.1 Å². The molecule has 0 fully saturated rings. The van der Waals surface area contributed by atoms with Crippen LogP contribution in [0.5, 0.6) is 5.75 Å². The molecule has 0 aromatic heterocycles. The van der Waals surface area contributed by atoms with E-state index in [9.17, 15) is 13.0 Å². The number of thiol groups is 1. The van der Waals surface area contributed by atoms with E-state index in [2.05, 4.69) is 19.8 Å². The topological polar surface area (TPSA) is 63.6 Å². The van der Waals surface area contributed by atoms with Crippen molar-refractivity contribution < 1.29 is 17.2 Å². The van der Waals surface area contributed by atoms with Crippen LogP contribution in [0.25, 0.3) is 0 Å². The molecular formula is C18H30O4S2. The summed E-state index contributed by atoms with van der Waals surface area (Å²) >= 11 is 3.73. The van der Waals surface area contributed by atoms with Crippen LogP contribution in [-0.2, 0) is 16.5 Å². The zero-order valence-corrected chi connectivity index (χ0v) is 16.2. The summed E-state index contributed by atoms with van der Waals surface area (Å²) in [5.41, 5.74) is 0.764. The molecule has 0 aliphatic heterocycles. The Morgan fingerprint density at radius 2 is 1.50 bits per heavy atom. The molecule has 0 spiro atoms. The lowest BCUT2D eigenvalue weighted by Gasteiger charge is -2.10. The van der Waals surface area contributed by atoms with Crippen LogP contribution >= 0.6 is 12.9 Å². The molecule has 0 aliphatic rings. The summed E-state index contributed by atoms with van der Waals surface area (Å²) < 4.78 is 36.8. The SMILES string of the molecule is CCCCCCCCCCCCc1cccc(S(=O)(=O)O)c1OS. The Bertz CT molecular complexity index is 570. The Morgan fingerprint density at radius 3 is 2.00 bits per heavy atom. The van der Waals surface area contributed by atoms with Crippen molar-refractivity contribution in [2.45, 2.75) is 82.4 Å². The molecule has 0 saturated heterocycles. The van der Waals surface area contributed by atoms with E-state index >= 15 is 0 Å². The van der Waals surface area contributed by atoms with Crippen molar-refractivity contribution in [2.75, 3.05) is 0 Å². The molecule has 0 radical (unpaired) electrons. The number of unbranched alkanes of at least 4 members (excludes halogenated alkanes) is 9. The zero-order valence-electron chi connectivity index (χ0n) is 14.5. The van der Waals surface area contributed by atoms with Gasteiger partial charge in [-0.1, -0.05) is 76.8 Å². The van der Waals surface area contributed by atoms with Gasteiger partial charge >= 0.3 is 0 Å². The molecule has 0 atom stereocenters. The zero-order chi connectivity index (χ0) is 17.8. The van der Waals surface area contributed by atoms with Gasteiger partial charge in [0.1, 0.15) is 4.90 Å². The maximum Gasteiger partial charge on any atom is 0.298 e. The van der Waals surface area contributed by atoms with E-state index in [4.69, 9.17) is 4.18 Å². The van der Waals surface area contributed by atoms with Crippen LogP contribution in [0, 0.1) is 0 Å². The number of hydrogen-bond acceptors (Lipinski definition) is 4. The minimum atomic E-state index is -4.29. The maximum absolute atomic E-state index is 11.3. The van der Waals surface area contributed by atoms with E-state index in [-0.39, 0.29) is 10.6 Å². The fourth-order valence-corrected chi connectivity index (χ4v) is 3.80. The molecule has 0 unspecified atom stereocenters. The average Bonchev–Trinajstić information content (AvgIpc) is 2.55. The van der Waals surface area contributed by atoms with Crippen molar-refractivity contribution in [3.05, 3.63) is 23.8 Å². The molecule has 1 N–H and O–H groups in total. The summed E-state index contributed by atoms with van der Waals surface area (Å²) in [6.45, 7) is 2.23. The largest absolute Gasteiger partial charge is 0.427 e. The van der Waals surface area contributed by atoms with Gasteiger partial charge in [-0.2, -0.15) is 8.42 Å². The lowest BCUT2D eigenvalue weighted by atomic mass is 10.0. The molecular weight excluding hydrogens is 344 g/mol. The molecule has 0 saturated carbocycles. The van der Waals surface area contributed by atoms with Crippen molar-refractivity contribution in [2.24, 2.45) is 0 Å². The van der Waals surface area contributed by atoms with E-state index in [1.165, 1.54) is 57.4 Å². The average molecular weight is 375 g/mol. The van der Waals surface area contributed by atoms with Crippen LogP contribution in [0.4, 0.5) is 0 Å². The Morgan fingerprint density at radius 1 is 0.958 bits per heavy atom. The summed E-state index contributed by atoms with van der Waals surface area (Å²) in [6, 6.07) is 4.75. The molecule has 0 amide bonds. The van der Waals surface area contributed by atoms with Crippen LogP contribution in [0.2, 0.25) is 0 Å². The fraction of sp³-hybridized carbons (Fsp3) is 0.667. The third-order valence-electron chi connectivity index (χ3n) is 4.23. The second-order valence-electron chi connectivity index (χ2n) is 6.24. The Hall–Kier alpha value is -0.720. The van der Waals surface area contributed by atoms with Gasteiger partial charge in [0.05, 0.1) is 0 Å².